The molecule has 4 rings (SSSR count). The molecule has 1 saturated heterocycles. The Hall–Kier alpha value is -4.13. The SMILES string of the molecule is COc1ccc(CN2C(=O)C(=O)/C(=C(/O)c3cc(C(C)(C)C)ccc3OC)C2c2cccnc2)cc1. The number of hydrogen-bond acceptors (Lipinski definition) is 6. The van der Waals surface area contributed by atoms with Crippen LogP contribution in [0, 0.1) is 0 Å². The Labute approximate surface area is 211 Å². The number of pyridine rings is 1. The molecule has 0 bridgehead atoms. The standard InChI is InChI=1S/C29H30N2O5/c1-29(2,3)20-10-13-23(36-5)22(15-20)26(32)24-25(19-7-6-14-30-16-19)31(28(34)27(24)33)17-18-8-11-21(35-4)12-9-18/h6-16,25,32H,17H2,1-5H3/b26-24+. The van der Waals surface area contributed by atoms with Crippen LogP contribution in [-0.2, 0) is 21.5 Å². The molecular weight excluding hydrogens is 456 g/mol. The molecule has 2 aromatic carbocycles. The van der Waals surface area contributed by atoms with E-state index in [1.54, 1.807) is 49.8 Å². The molecule has 1 atom stereocenters. The third-order valence-electron chi connectivity index (χ3n) is 6.37. The maximum atomic E-state index is 13.4. The fraction of sp³-hybridized carbons (Fsp3) is 0.276. The lowest BCUT2D eigenvalue weighted by molar-refractivity contribution is -0.140. The molecule has 0 aliphatic carbocycles. The van der Waals surface area contributed by atoms with E-state index >= 15 is 0 Å². The molecule has 1 fully saturated rings. The van der Waals surface area contributed by atoms with Crippen molar-refractivity contribution in [1.29, 1.82) is 0 Å². The van der Waals surface area contributed by atoms with Crippen LogP contribution in [0.4, 0.5) is 0 Å². The van der Waals surface area contributed by atoms with Gasteiger partial charge in [-0.1, -0.05) is 45.0 Å². The van der Waals surface area contributed by atoms with Crippen molar-refractivity contribution >= 4 is 17.4 Å². The zero-order valence-corrected chi connectivity index (χ0v) is 21.1. The fourth-order valence-corrected chi connectivity index (χ4v) is 4.36. The summed E-state index contributed by atoms with van der Waals surface area (Å²) in [6.45, 7) is 6.34. The van der Waals surface area contributed by atoms with E-state index in [1.807, 2.05) is 24.3 Å². The summed E-state index contributed by atoms with van der Waals surface area (Å²) in [6, 6.07) is 15.5. The average Bonchev–Trinajstić information content (AvgIpc) is 3.13. The number of carbonyl (C=O) groups is 2. The third-order valence-corrected chi connectivity index (χ3v) is 6.37. The van der Waals surface area contributed by atoms with Gasteiger partial charge in [0.1, 0.15) is 17.3 Å². The topological polar surface area (TPSA) is 89.0 Å². The van der Waals surface area contributed by atoms with E-state index in [0.29, 0.717) is 22.6 Å². The number of aliphatic hydroxyl groups excluding tert-OH is 1. The molecule has 0 saturated carbocycles. The van der Waals surface area contributed by atoms with Crippen molar-refractivity contribution in [3.05, 3.63) is 94.8 Å². The van der Waals surface area contributed by atoms with E-state index in [1.165, 1.54) is 12.0 Å². The van der Waals surface area contributed by atoms with Crippen LogP contribution < -0.4 is 9.47 Å². The molecule has 3 aromatic rings. The van der Waals surface area contributed by atoms with Crippen LogP contribution in [0.3, 0.4) is 0 Å². The van der Waals surface area contributed by atoms with E-state index in [0.717, 1.165) is 11.1 Å². The lowest BCUT2D eigenvalue weighted by Gasteiger charge is -2.26. The lowest BCUT2D eigenvalue weighted by Crippen LogP contribution is -2.29. The van der Waals surface area contributed by atoms with Crippen LogP contribution in [0.25, 0.3) is 5.76 Å². The van der Waals surface area contributed by atoms with Crippen molar-refractivity contribution in [2.75, 3.05) is 14.2 Å². The molecule has 36 heavy (non-hydrogen) atoms. The van der Waals surface area contributed by atoms with Gasteiger partial charge in [0.05, 0.1) is 31.4 Å². The Morgan fingerprint density at radius 3 is 2.33 bits per heavy atom. The van der Waals surface area contributed by atoms with Gasteiger partial charge in [-0.15, -0.1) is 0 Å². The predicted molar refractivity (Wildman–Crippen MR) is 137 cm³/mol. The molecule has 1 amide bonds. The summed E-state index contributed by atoms with van der Waals surface area (Å²) in [5.74, 6) is -0.616. The second-order valence-electron chi connectivity index (χ2n) is 9.73. The summed E-state index contributed by atoms with van der Waals surface area (Å²) < 4.78 is 10.7. The van der Waals surface area contributed by atoms with Crippen molar-refractivity contribution in [3.8, 4) is 11.5 Å². The summed E-state index contributed by atoms with van der Waals surface area (Å²) in [6.07, 6.45) is 3.22. The molecular formula is C29H30N2O5. The highest BCUT2D eigenvalue weighted by atomic mass is 16.5. The van der Waals surface area contributed by atoms with E-state index in [-0.39, 0.29) is 23.3 Å². The molecule has 2 heterocycles. The molecule has 186 valence electrons. The van der Waals surface area contributed by atoms with Gasteiger partial charge in [-0.3, -0.25) is 14.6 Å². The minimum absolute atomic E-state index is 0.00544. The zero-order chi connectivity index (χ0) is 26.0. The second-order valence-corrected chi connectivity index (χ2v) is 9.73. The number of aliphatic hydroxyl groups is 1. The average molecular weight is 487 g/mol. The molecule has 1 aliphatic rings. The summed E-state index contributed by atoms with van der Waals surface area (Å²) in [5.41, 5.74) is 2.56. The largest absolute Gasteiger partial charge is 0.507 e. The van der Waals surface area contributed by atoms with Crippen LogP contribution in [0.5, 0.6) is 11.5 Å². The van der Waals surface area contributed by atoms with Crippen molar-refractivity contribution in [2.24, 2.45) is 0 Å². The first-order valence-corrected chi connectivity index (χ1v) is 11.7. The number of ether oxygens (including phenoxy) is 2. The number of likely N-dealkylation sites (tertiary alicyclic amines) is 1. The predicted octanol–water partition coefficient (Wildman–Crippen LogP) is 5.02. The van der Waals surface area contributed by atoms with E-state index in [2.05, 4.69) is 25.8 Å². The van der Waals surface area contributed by atoms with Gasteiger partial charge in [0.2, 0.25) is 0 Å². The highest BCUT2D eigenvalue weighted by molar-refractivity contribution is 6.46. The summed E-state index contributed by atoms with van der Waals surface area (Å²) in [4.78, 5) is 32.4. The Bertz CT molecular complexity index is 1310. The number of Topliss-reactive ketones (excluding diaryl/α,β-unsaturated/α-hetero) is 1. The first-order valence-electron chi connectivity index (χ1n) is 11.7. The molecule has 0 radical (unpaired) electrons. The maximum absolute atomic E-state index is 13.4. The lowest BCUT2D eigenvalue weighted by atomic mass is 9.85. The highest BCUT2D eigenvalue weighted by Crippen LogP contribution is 2.42. The number of benzene rings is 2. The maximum Gasteiger partial charge on any atom is 0.295 e. The quantitative estimate of drug-likeness (QED) is 0.299. The number of aromatic nitrogens is 1. The molecule has 7 nitrogen and oxygen atoms in total. The van der Waals surface area contributed by atoms with Gasteiger partial charge in [-0.25, -0.2) is 0 Å². The Morgan fingerprint density at radius 2 is 1.75 bits per heavy atom. The smallest absolute Gasteiger partial charge is 0.295 e. The molecule has 1 N–H and O–H groups in total. The molecule has 7 heteroatoms. The number of hydrogen-bond donors (Lipinski definition) is 1. The number of carbonyl (C=O) groups excluding carboxylic acids is 2. The molecule has 0 spiro atoms. The van der Waals surface area contributed by atoms with Crippen LogP contribution >= 0.6 is 0 Å². The second kappa shape index (κ2) is 9.85. The summed E-state index contributed by atoms with van der Waals surface area (Å²) in [7, 11) is 3.09. The number of amides is 1. The van der Waals surface area contributed by atoms with Gasteiger partial charge < -0.3 is 19.5 Å². The van der Waals surface area contributed by atoms with Crippen molar-refractivity contribution in [1.82, 2.24) is 9.88 Å². The first-order chi connectivity index (χ1) is 17.2. The normalized spacial score (nSPS) is 17.4. The summed E-state index contributed by atoms with van der Waals surface area (Å²) in [5, 5.41) is 11.6. The molecule has 1 aromatic heterocycles. The number of methoxy groups -OCH3 is 2. The van der Waals surface area contributed by atoms with Crippen molar-refractivity contribution in [2.45, 2.75) is 38.8 Å². The number of nitrogens with zero attached hydrogens (tertiary/aromatic N) is 2. The van der Waals surface area contributed by atoms with Crippen molar-refractivity contribution < 1.29 is 24.2 Å². The van der Waals surface area contributed by atoms with E-state index < -0.39 is 17.7 Å². The summed E-state index contributed by atoms with van der Waals surface area (Å²) >= 11 is 0. The van der Waals surface area contributed by atoms with Crippen LogP contribution in [0.1, 0.15) is 49.1 Å². The fourth-order valence-electron chi connectivity index (χ4n) is 4.36. The van der Waals surface area contributed by atoms with Crippen LogP contribution in [0.2, 0.25) is 0 Å². The Kier molecular flexibility index (Phi) is 6.84. The van der Waals surface area contributed by atoms with Gasteiger partial charge in [0.25, 0.3) is 11.7 Å². The Balaban J connectivity index is 1.88. The zero-order valence-electron chi connectivity index (χ0n) is 21.1. The number of ketones is 1. The van der Waals surface area contributed by atoms with Gasteiger partial charge in [0, 0.05) is 18.9 Å². The van der Waals surface area contributed by atoms with E-state index in [9.17, 15) is 14.7 Å². The molecule has 1 unspecified atom stereocenters. The van der Waals surface area contributed by atoms with Crippen LogP contribution in [0.15, 0.2) is 72.6 Å². The van der Waals surface area contributed by atoms with Gasteiger partial charge >= 0.3 is 0 Å². The van der Waals surface area contributed by atoms with Gasteiger partial charge in [-0.2, -0.15) is 0 Å². The minimum atomic E-state index is -0.816. The van der Waals surface area contributed by atoms with Gasteiger partial charge in [0.15, 0.2) is 0 Å². The highest BCUT2D eigenvalue weighted by Gasteiger charge is 2.46. The monoisotopic (exact) mass is 486 g/mol. The third kappa shape index (κ3) is 4.69. The minimum Gasteiger partial charge on any atom is -0.507 e. The molecule has 1 aliphatic heterocycles. The van der Waals surface area contributed by atoms with Crippen molar-refractivity contribution in [3.63, 3.8) is 0 Å². The number of rotatable bonds is 6. The first kappa shape index (κ1) is 25.0. The Morgan fingerprint density at radius 1 is 1.03 bits per heavy atom. The van der Waals surface area contributed by atoms with Crippen LogP contribution in [-0.4, -0.2) is 40.9 Å². The van der Waals surface area contributed by atoms with Gasteiger partial charge in [-0.05, 0) is 52.4 Å². The van der Waals surface area contributed by atoms with E-state index in [4.69, 9.17) is 9.47 Å².